The van der Waals surface area contributed by atoms with Crippen molar-refractivity contribution in [3.05, 3.63) is 367 Å². The van der Waals surface area contributed by atoms with Crippen LogP contribution in [0.1, 0.15) is 0 Å². The van der Waals surface area contributed by atoms with Crippen molar-refractivity contribution in [1.29, 1.82) is 0 Å². The van der Waals surface area contributed by atoms with Gasteiger partial charge in [0.05, 0.1) is 74.9 Å². The third-order valence-electron chi connectivity index (χ3n) is 8.08. The van der Waals surface area contributed by atoms with Crippen LogP contribution in [-0.2, 0) is 11.0 Å². The van der Waals surface area contributed by atoms with E-state index in [2.05, 4.69) is 49.8 Å². The SMILES string of the molecule is O=[N+]([O-])[O-].O=[N+]([O-])[O-].O=[N+]([O-])[O-].O=[N+]([O-])[O-].O=[N+]([O-])[O-].O=[N+]([O-])[O-].O=[N+]([O-])[O-].O=[N+]([O-])[O-].[OH3+].[OH3+].[Pr+3].[Pr+3].c1ccc(-c2cccc[nH+]2)nc1.c1ccc(-c2cccc[nH+]2)nc1.c1ccc(-c2ccccn2)nc1.c1ccc(-c2ccccn2)nc1.c1ccc(-c2ccccn2)nc1. The maximum atomic E-state index is 8.25. The molecule has 44 nitrogen and oxygen atoms in total. The molecule has 10 heterocycles. The molecule has 0 aromatic carbocycles. The molecule has 0 amide bonds. The number of hydrogen-bond acceptors (Lipinski definition) is 32. The molecule has 498 valence electrons. The molecule has 10 aromatic heterocycles. The van der Waals surface area contributed by atoms with Crippen LogP contribution >= 0.6 is 0 Å². The summed E-state index contributed by atoms with van der Waals surface area (Å²) in [6.07, 6.45) is 18.0. The van der Waals surface area contributed by atoms with Gasteiger partial charge in [0.1, 0.15) is 11.4 Å². The monoisotopic (exact) mass is 1600 g/mol. The molecular weight excluding hydrogens is 1550 g/mol. The normalized spacial score (nSPS) is 8.04. The van der Waals surface area contributed by atoms with E-state index in [1.165, 1.54) is 0 Å². The summed E-state index contributed by atoms with van der Waals surface area (Å²) >= 11 is 0. The van der Waals surface area contributed by atoms with Crippen LogP contribution in [0, 0.1) is 205 Å². The third-order valence-corrected chi connectivity index (χ3v) is 8.08. The van der Waals surface area contributed by atoms with Crippen molar-refractivity contribution in [1.82, 2.24) is 39.9 Å². The van der Waals surface area contributed by atoms with Gasteiger partial charge in [0.15, 0.2) is 12.4 Å². The number of hydrogen-bond donors (Lipinski definition) is 0. The fourth-order valence-electron chi connectivity index (χ4n) is 5.24. The quantitative estimate of drug-likeness (QED) is 0.112. The Morgan fingerprint density at radius 1 is 0.208 bits per heavy atom. The average Bonchev–Trinajstić information content (AvgIpc) is 1.21. The summed E-state index contributed by atoms with van der Waals surface area (Å²) in [4.78, 5) is 106. The summed E-state index contributed by atoms with van der Waals surface area (Å²) in [6.45, 7) is 0. The Morgan fingerprint density at radius 2 is 0.333 bits per heavy atom. The molecule has 8 N–H and O–H groups in total. The van der Waals surface area contributed by atoms with Crippen LogP contribution in [0.5, 0.6) is 0 Å². The van der Waals surface area contributed by atoms with Crippen molar-refractivity contribution in [2.75, 3.05) is 0 Å². The van der Waals surface area contributed by atoms with E-state index in [-0.39, 0.29) is 93.5 Å². The largest absolute Gasteiger partial charge is 3.00 e. The summed E-state index contributed by atoms with van der Waals surface area (Å²) in [5.74, 6) is 0. The van der Waals surface area contributed by atoms with Crippen LogP contribution in [-0.4, -0.2) is 80.6 Å². The number of pyridine rings is 10. The van der Waals surface area contributed by atoms with E-state index in [1.54, 1.807) is 49.6 Å². The van der Waals surface area contributed by atoms with E-state index in [9.17, 15) is 0 Å². The number of nitrogens with zero attached hydrogens (tertiary/aromatic N) is 16. The number of aromatic amines is 2. The molecular formula is C50H48N18O26Pr2+2. The average molecular weight is 1600 g/mol. The van der Waals surface area contributed by atoms with Crippen LogP contribution in [0.4, 0.5) is 0 Å². The van der Waals surface area contributed by atoms with Gasteiger partial charge in [0.25, 0.3) is 0 Å². The fourth-order valence-corrected chi connectivity index (χ4v) is 5.24. The Morgan fingerprint density at radius 3 is 0.438 bits per heavy atom. The predicted octanol–water partition coefficient (Wildman–Crippen LogP) is 5.80. The van der Waals surface area contributed by atoms with E-state index in [4.69, 9.17) is 123 Å². The van der Waals surface area contributed by atoms with Crippen molar-refractivity contribution in [2.45, 2.75) is 0 Å². The molecule has 0 aliphatic heterocycles. The number of H-pyrrole nitrogens is 2. The van der Waals surface area contributed by atoms with Crippen LogP contribution in [0.2, 0.25) is 0 Å². The first kappa shape index (κ1) is 97.4. The van der Waals surface area contributed by atoms with Crippen molar-refractivity contribution >= 4 is 0 Å². The predicted molar refractivity (Wildman–Crippen MR) is 327 cm³/mol. The minimum absolute atomic E-state index is 0. The second kappa shape index (κ2) is 65.7. The van der Waals surface area contributed by atoms with E-state index in [0.29, 0.717) is 0 Å². The van der Waals surface area contributed by atoms with Gasteiger partial charge in [-0.05, 0) is 109 Å². The summed E-state index contributed by atoms with van der Waals surface area (Å²) in [7, 11) is 0. The van der Waals surface area contributed by atoms with Crippen LogP contribution in [0.25, 0.3) is 56.9 Å². The first-order chi connectivity index (χ1) is 43.7. The van der Waals surface area contributed by atoms with Crippen molar-refractivity contribution in [3.8, 4) is 56.9 Å². The van der Waals surface area contributed by atoms with E-state index in [0.717, 1.165) is 56.9 Å². The molecule has 0 unspecified atom stereocenters. The summed E-state index contributed by atoms with van der Waals surface area (Å²) in [6, 6.07) is 58.4. The van der Waals surface area contributed by atoms with Gasteiger partial charge >= 0.3 is 82.6 Å². The second-order valence-corrected chi connectivity index (χ2v) is 14.1. The number of nitrogens with one attached hydrogen (secondary N) is 2. The van der Waals surface area contributed by atoms with Crippen molar-refractivity contribution < 1.29 is 144 Å². The van der Waals surface area contributed by atoms with E-state index >= 15 is 0 Å². The molecule has 0 saturated carbocycles. The van der Waals surface area contributed by atoms with Crippen molar-refractivity contribution in [3.63, 3.8) is 0 Å². The van der Waals surface area contributed by atoms with E-state index in [1.807, 2.05) is 194 Å². The van der Waals surface area contributed by atoms with E-state index < -0.39 is 40.7 Å². The first-order valence-electron chi connectivity index (χ1n) is 23.5. The molecule has 96 heavy (non-hydrogen) atoms. The maximum Gasteiger partial charge on any atom is 3.00 e. The Hall–Kier alpha value is -12.3. The van der Waals surface area contributed by atoms with Gasteiger partial charge in [0.2, 0.25) is 11.4 Å². The standard InChI is InChI=1S/5C10H8N2.8NO3.2H2O.2Pr/c5*1-3-7-11-9(5-1)10-6-2-4-8-12-10;8*2-1(3)4;;;;/h5*1-8H;;;;;;;;;2*1H2;;/q;;;;;8*-1;;;2*+3/p+4. The molecule has 0 spiro atoms. The minimum Gasteiger partial charge on any atom is -0.457 e. The van der Waals surface area contributed by atoms with Crippen LogP contribution in [0.15, 0.2) is 244 Å². The Balaban J connectivity index is -0.000000184. The Bertz CT molecular complexity index is 2740. The maximum absolute atomic E-state index is 8.25. The Kier molecular flexibility index (Phi) is 66.6. The second-order valence-electron chi connectivity index (χ2n) is 14.1. The smallest absolute Gasteiger partial charge is 0.457 e. The molecule has 10 rings (SSSR count). The first-order valence-corrected chi connectivity index (χ1v) is 23.5. The van der Waals surface area contributed by atoms with Gasteiger partial charge in [-0.3, -0.25) is 29.9 Å². The zero-order chi connectivity index (χ0) is 69.7. The fraction of sp³-hybridized carbons (Fsp3) is 0. The zero-order valence-electron chi connectivity index (χ0n) is 48.4. The zero-order valence-corrected chi connectivity index (χ0v) is 55.8. The van der Waals surface area contributed by atoms with Crippen molar-refractivity contribution in [2.24, 2.45) is 0 Å². The van der Waals surface area contributed by atoms with Gasteiger partial charge in [-0.25, -0.2) is 19.9 Å². The van der Waals surface area contributed by atoms with Crippen LogP contribution in [0.3, 0.4) is 0 Å². The molecule has 10 aromatic rings. The Labute approximate surface area is 602 Å². The molecule has 0 aliphatic rings. The minimum atomic E-state index is -1.75. The molecule has 0 radical (unpaired) electrons. The molecule has 46 heteroatoms. The molecule has 0 atom stereocenters. The topological polar surface area (TPSA) is 727 Å². The third kappa shape index (κ3) is 69.2. The summed E-state index contributed by atoms with van der Waals surface area (Å²) < 4.78 is 0. The van der Waals surface area contributed by atoms with Gasteiger partial charge in [-0.2, -0.15) is 0 Å². The summed E-state index contributed by atoms with van der Waals surface area (Å²) in [5, 5.41) is 118. The van der Waals surface area contributed by atoms with Gasteiger partial charge in [-0.1, -0.05) is 48.5 Å². The molecule has 0 aliphatic carbocycles. The number of rotatable bonds is 5. The van der Waals surface area contributed by atoms with Gasteiger partial charge in [0, 0.05) is 73.8 Å². The van der Waals surface area contributed by atoms with Crippen LogP contribution < -0.4 is 9.97 Å². The molecule has 0 bridgehead atoms. The number of aromatic nitrogens is 10. The van der Waals surface area contributed by atoms with Gasteiger partial charge < -0.3 is 134 Å². The molecule has 0 fully saturated rings. The molecule has 0 saturated heterocycles. The summed E-state index contributed by atoms with van der Waals surface area (Å²) in [5.41, 5.74) is 9.51. The van der Waals surface area contributed by atoms with Gasteiger partial charge in [-0.15, -0.1) is 0 Å².